The molecule has 1 aromatic carbocycles. The number of aromatic hydroxyl groups is 1. The fourth-order valence-electron chi connectivity index (χ4n) is 1.01. The van der Waals surface area contributed by atoms with Crippen LogP contribution in [0.25, 0.3) is 0 Å². The maximum Gasteiger partial charge on any atom is 0.160 e. The molecule has 0 bridgehead atoms. The highest BCUT2D eigenvalue weighted by Crippen LogP contribution is 2.24. The summed E-state index contributed by atoms with van der Waals surface area (Å²) in [6.45, 7) is 1.29. The van der Waals surface area contributed by atoms with Crippen LogP contribution in [-0.4, -0.2) is 18.3 Å². The number of unbranched alkanes of at least 4 members (excludes halogenated alkanes) is 1. The Morgan fingerprint density at radius 2 is 2.00 bits per heavy atom. The normalized spacial score (nSPS) is 9.92. The summed E-state index contributed by atoms with van der Waals surface area (Å²) in [5.74, 6) is 0.731. The Morgan fingerprint density at radius 3 is 2.69 bits per heavy atom. The molecule has 0 unspecified atom stereocenters. The van der Waals surface area contributed by atoms with Crippen molar-refractivity contribution < 1.29 is 9.84 Å². The lowest BCUT2D eigenvalue weighted by Crippen LogP contribution is -2.03. The van der Waals surface area contributed by atoms with Crippen LogP contribution in [0, 0.1) is 0 Å². The minimum atomic E-state index is 0.190. The van der Waals surface area contributed by atoms with E-state index in [9.17, 15) is 5.11 Å². The summed E-state index contributed by atoms with van der Waals surface area (Å²) in [6.07, 6.45) is 1.87. The van der Waals surface area contributed by atoms with E-state index in [1.54, 1.807) is 18.2 Å². The molecule has 3 nitrogen and oxygen atoms in total. The highest BCUT2D eigenvalue weighted by atomic mass is 16.5. The maximum absolute atomic E-state index is 9.32. The first-order chi connectivity index (χ1) is 6.34. The number of benzene rings is 1. The number of ether oxygens (including phenoxy) is 1. The van der Waals surface area contributed by atoms with Gasteiger partial charge >= 0.3 is 0 Å². The lowest BCUT2D eigenvalue weighted by atomic mass is 10.3. The minimum Gasteiger partial charge on any atom is -0.504 e. The van der Waals surface area contributed by atoms with Crippen LogP contribution in [0.5, 0.6) is 11.5 Å². The van der Waals surface area contributed by atoms with Crippen LogP contribution in [0.3, 0.4) is 0 Å². The molecule has 3 N–H and O–H groups in total. The predicted octanol–water partition coefficient (Wildman–Crippen LogP) is 1.51. The molecule has 72 valence electrons. The fourth-order valence-corrected chi connectivity index (χ4v) is 1.01. The van der Waals surface area contributed by atoms with Gasteiger partial charge < -0.3 is 15.6 Å². The summed E-state index contributed by atoms with van der Waals surface area (Å²) < 4.78 is 5.33. The molecule has 0 atom stereocenters. The van der Waals surface area contributed by atoms with E-state index < -0.39 is 0 Å². The zero-order valence-electron chi connectivity index (χ0n) is 7.57. The number of phenols is 1. The number of rotatable bonds is 5. The summed E-state index contributed by atoms with van der Waals surface area (Å²) in [6, 6.07) is 6.95. The highest BCUT2D eigenvalue weighted by Gasteiger charge is 1.98. The van der Waals surface area contributed by atoms with E-state index >= 15 is 0 Å². The van der Waals surface area contributed by atoms with Gasteiger partial charge in [0.05, 0.1) is 6.61 Å². The summed E-state index contributed by atoms with van der Waals surface area (Å²) in [5, 5.41) is 9.32. The van der Waals surface area contributed by atoms with Gasteiger partial charge in [0.1, 0.15) is 0 Å². The molecule has 0 fully saturated rings. The van der Waals surface area contributed by atoms with E-state index in [2.05, 4.69) is 0 Å². The van der Waals surface area contributed by atoms with Gasteiger partial charge in [-0.15, -0.1) is 0 Å². The summed E-state index contributed by atoms with van der Waals surface area (Å²) in [5.41, 5.74) is 5.33. The number of hydrogen-bond donors (Lipinski definition) is 2. The number of para-hydroxylation sites is 2. The number of hydrogen-bond acceptors (Lipinski definition) is 3. The van der Waals surface area contributed by atoms with Crippen molar-refractivity contribution in [2.75, 3.05) is 13.2 Å². The van der Waals surface area contributed by atoms with Crippen LogP contribution < -0.4 is 10.5 Å². The maximum atomic E-state index is 9.32. The fraction of sp³-hybridized carbons (Fsp3) is 0.400. The Balaban J connectivity index is 2.32. The van der Waals surface area contributed by atoms with E-state index in [0.717, 1.165) is 12.8 Å². The van der Waals surface area contributed by atoms with E-state index in [-0.39, 0.29) is 5.75 Å². The molecule has 0 spiro atoms. The third-order valence-electron chi connectivity index (χ3n) is 1.72. The highest BCUT2D eigenvalue weighted by molar-refractivity contribution is 5.37. The van der Waals surface area contributed by atoms with Gasteiger partial charge in [-0.1, -0.05) is 12.1 Å². The zero-order valence-corrected chi connectivity index (χ0v) is 7.57. The van der Waals surface area contributed by atoms with E-state index in [1.165, 1.54) is 0 Å². The summed E-state index contributed by atoms with van der Waals surface area (Å²) in [7, 11) is 0. The minimum absolute atomic E-state index is 0.190. The van der Waals surface area contributed by atoms with Gasteiger partial charge in [0.25, 0.3) is 0 Å². The molecule has 0 aliphatic carbocycles. The standard InChI is InChI=1S/C10H15NO2/c11-7-3-4-8-13-10-6-2-1-5-9(10)12/h1-2,5-6,12H,3-4,7-8,11H2. The zero-order chi connectivity index (χ0) is 9.52. The van der Waals surface area contributed by atoms with Crippen LogP contribution in [-0.2, 0) is 0 Å². The number of nitrogens with two attached hydrogens (primary N) is 1. The smallest absolute Gasteiger partial charge is 0.160 e. The molecule has 0 saturated carbocycles. The van der Waals surface area contributed by atoms with Crippen molar-refractivity contribution in [2.24, 2.45) is 5.73 Å². The van der Waals surface area contributed by atoms with Gasteiger partial charge in [0.2, 0.25) is 0 Å². The molecule has 0 saturated heterocycles. The SMILES string of the molecule is NCCCCOc1ccccc1O. The third kappa shape index (κ3) is 3.34. The first kappa shape index (κ1) is 9.86. The van der Waals surface area contributed by atoms with Crippen LogP contribution in [0.15, 0.2) is 24.3 Å². The predicted molar refractivity (Wildman–Crippen MR) is 51.9 cm³/mol. The van der Waals surface area contributed by atoms with Crippen molar-refractivity contribution in [3.63, 3.8) is 0 Å². The molecule has 0 amide bonds. The van der Waals surface area contributed by atoms with E-state index in [1.807, 2.05) is 6.07 Å². The third-order valence-corrected chi connectivity index (χ3v) is 1.72. The molecule has 13 heavy (non-hydrogen) atoms. The van der Waals surface area contributed by atoms with Crippen molar-refractivity contribution in [2.45, 2.75) is 12.8 Å². The first-order valence-corrected chi connectivity index (χ1v) is 4.45. The molecule has 1 rings (SSSR count). The molecular formula is C10H15NO2. The quantitative estimate of drug-likeness (QED) is 0.677. The Morgan fingerprint density at radius 1 is 1.23 bits per heavy atom. The summed E-state index contributed by atoms with van der Waals surface area (Å²) >= 11 is 0. The molecule has 0 aliphatic heterocycles. The monoisotopic (exact) mass is 181 g/mol. The van der Waals surface area contributed by atoms with Gasteiger partial charge in [-0.3, -0.25) is 0 Å². The molecule has 0 heterocycles. The van der Waals surface area contributed by atoms with Crippen molar-refractivity contribution in [1.82, 2.24) is 0 Å². The van der Waals surface area contributed by atoms with Crippen molar-refractivity contribution in [1.29, 1.82) is 0 Å². The summed E-state index contributed by atoms with van der Waals surface area (Å²) in [4.78, 5) is 0. The van der Waals surface area contributed by atoms with Gasteiger partial charge in [0.15, 0.2) is 11.5 Å². The average molecular weight is 181 g/mol. The Kier molecular flexibility index (Phi) is 4.12. The van der Waals surface area contributed by atoms with Gasteiger partial charge in [0, 0.05) is 0 Å². The van der Waals surface area contributed by atoms with Gasteiger partial charge in [-0.2, -0.15) is 0 Å². The Labute approximate surface area is 78.1 Å². The largest absolute Gasteiger partial charge is 0.504 e. The lowest BCUT2D eigenvalue weighted by molar-refractivity contribution is 0.291. The van der Waals surface area contributed by atoms with Crippen LogP contribution >= 0.6 is 0 Å². The van der Waals surface area contributed by atoms with Crippen molar-refractivity contribution in [3.8, 4) is 11.5 Å². The van der Waals surface area contributed by atoms with Crippen molar-refractivity contribution in [3.05, 3.63) is 24.3 Å². The van der Waals surface area contributed by atoms with E-state index in [4.69, 9.17) is 10.5 Å². The van der Waals surface area contributed by atoms with Crippen LogP contribution in [0.1, 0.15) is 12.8 Å². The molecule has 0 aliphatic rings. The molecule has 0 radical (unpaired) electrons. The molecule has 3 heteroatoms. The van der Waals surface area contributed by atoms with Gasteiger partial charge in [-0.25, -0.2) is 0 Å². The second kappa shape index (κ2) is 5.43. The van der Waals surface area contributed by atoms with Crippen LogP contribution in [0.4, 0.5) is 0 Å². The molecular weight excluding hydrogens is 166 g/mol. The second-order valence-electron chi connectivity index (χ2n) is 2.81. The topological polar surface area (TPSA) is 55.5 Å². The first-order valence-electron chi connectivity index (χ1n) is 4.45. The second-order valence-corrected chi connectivity index (χ2v) is 2.81. The van der Waals surface area contributed by atoms with Gasteiger partial charge in [-0.05, 0) is 31.5 Å². The average Bonchev–Trinajstić information content (AvgIpc) is 2.15. The van der Waals surface area contributed by atoms with Crippen molar-refractivity contribution >= 4 is 0 Å². The molecule has 0 aromatic heterocycles. The number of phenolic OH excluding ortho intramolecular Hbond substituents is 1. The Hall–Kier alpha value is -1.22. The molecule has 1 aromatic rings. The lowest BCUT2D eigenvalue weighted by Gasteiger charge is -2.06. The van der Waals surface area contributed by atoms with E-state index in [0.29, 0.717) is 18.9 Å². The Bertz CT molecular complexity index is 250. The van der Waals surface area contributed by atoms with Crippen LogP contribution in [0.2, 0.25) is 0 Å².